The Bertz CT molecular complexity index is 569. The standard InChI is InChI=1S/C22H34O2/c1-13(2)17-11-21(5,6)23-19-10-16-18(14(3)4)12-22(7,8)24-20(16)9-15(17)19/h9-10,13-14,17-18H,11-12H2,1-8H3. The molecule has 0 aromatic heterocycles. The first-order valence-electron chi connectivity index (χ1n) is 9.55. The molecule has 0 fully saturated rings. The molecule has 2 aliphatic rings. The molecule has 2 unspecified atom stereocenters. The zero-order valence-corrected chi connectivity index (χ0v) is 16.7. The topological polar surface area (TPSA) is 18.5 Å². The van der Waals surface area contributed by atoms with Gasteiger partial charge in [-0.15, -0.1) is 0 Å². The van der Waals surface area contributed by atoms with Crippen LogP contribution in [0.3, 0.4) is 0 Å². The second-order valence-corrected chi connectivity index (χ2v) is 9.76. The molecule has 0 radical (unpaired) electrons. The van der Waals surface area contributed by atoms with Gasteiger partial charge in [-0.25, -0.2) is 0 Å². The highest BCUT2D eigenvalue weighted by Crippen LogP contribution is 2.51. The van der Waals surface area contributed by atoms with E-state index < -0.39 is 0 Å². The Labute approximate surface area is 147 Å². The maximum atomic E-state index is 6.39. The number of ether oxygens (including phenoxy) is 2. The van der Waals surface area contributed by atoms with Crippen LogP contribution in [0.2, 0.25) is 0 Å². The smallest absolute Gasteiger partial charge is 0.124 e. The molecule has 2 atom stereocenters. The van der Waals surface area contributed by atoms with Crippen LogP contribution in [-0.2, 0) is 0 Å². The third kappa shape index (κ3) is 3.17. The number of hydrogen-bond acceptors (Lipinski definition) is 2. The van der Waals surface area contributed by atoms with Crippen LogP contribution in [0.25, 0.3) is 0 Å². The molecule has 2 nitrogen and oxygen atoms in total. The molecule has 0 N–H and O–H groups in total. The first kappa shape index (κ1) is 17.6. The van der Waals surface area contributed by atoms with Gasteiger partial charge in [-0.05, 0) is 76.3 Å². The van der Waals surface area contributed by atoms with Gasteiger partial charge in [-0.1, -0.05) is 27.7 Å². The summed E-state index contributed by atoms with van der Waals surface area (Å²) in [5.74, 6) is 4.42. The third-order valence-corrected chi connectivity index (χ3v) is 5.75. The van der Waals surface area contributed by atoms with Crippen molar-refractivity contribution in [2.24, 2.45) is 11.8 Å². The summed E-state index contributed by atoms with van der Waals surface area (Å²) in [5, 5.41) is 0. The number of hydrogen-bond donors (Lipinski definition) is 0. The molecule has 0 bridgehead atoms. The zero-order valence-electron chi connectivity index (χ0n) is 16.7. The second kappa shape index (κ2) is 5.68. The fraction of sp³-hybridized carbons (Fsp3) is 0.727. The van der Waals surface area contributed by atoms with Crippen LogP contribution in [0, 0.1) is 11.8 Å². The maximum Gasteiger partial charge on any atom is 0.124 e. The van der Waals surface area contributed by atoms with Gasteiger partial charge in [0.25, 0.3) is 0 Å². The van der Waals surface area contributed by atoms with Gasteiger partial charge in [0.1, 0.15) is 22.7 Å². The molecule has 0 saturated heterocycles. The summed E-state index contributed by atoms with van der Waals surface area (Å²) in [5.41, 5.74) is 2.47. The van der Waals surface area contributed by atoms with E-state index >= 15 is 0 Å². The van der Waals surface area contributed by atoms with Crippen LogP contribution in [-0.4, -0.2) is 11.2 Å². The molecule has 1 aromatic carbocycles. The van der Waals surface area contributed by atoms with E-state index in [4.69, 9.17) is 9.47 Å². The molecule has 0 aliphatic carbocycles. The van der Waals surface area contributed by atoms with E-state index in [-0.39, 0.29) is 11.2 Å². The Kier molecular flexibility index (Phi) is 4.17. The first-order valence-corrected chi connectivity index (χ1v) is 9.55. The summed E-state index contributed by atoms with van der Waals surface area (Å²) in [6, 6.07) is 4.59. The molecule has 134 valence electrons. The number of benzene rings is 1. The van der Waals surface area contributed by atoms with E-state index in [1.807, 2.05) is 0 Å². The van der Waals surface area contributed by atoms with Crippen LogP contribution in [0.15, 0.2) is 12.1 Å². The van der Waals surface area contributed by atoms with E-state index in [1.54, 1.807) is 0 Å². The lowest BCUT2D eigenvalue weighted by molar-refractivity contribution is 0.0535. The molecule has 2 heteroatoms. The predicted octanol–water partition coefficient (Wildman–Crippen LogP) is 6.29. The van der Waals surface area contributed by atoms with E-state index in [0.717, 1.165) is 24.3 Å². The van der Waals surface area contributed by atoms with E-state index in [9.17, 15) is 0 Å². The van der Waals surface area contributed by atoms with Crippen LogP contribution in [0.1, 0.15) is 91.2 Å². The van der Waals surface area contributed by atoms with E-state index in [0.29, 0.717) is 23.7 Å². The minimum atomic E-state index is -0.0989. The summed E-state index contributed by atoms with van der Waals surface area (Å²) in [6.45, 7) is 18.1. The van der Waals surface area contributed by atoms with Crippen LogP contribution in [0.4, 0.5) is 0 Å². The van der Waals surface area contributed by atoms with Gasteiger partial charge in [-0.2, -0.15) is 0 Å². The van der Waals surface area contributed by atoms with Crippen molar-refractivity contribution in [3.05, 3.63) is 23.3 Å². The normalized spacial score (nSPS) is 27.2. The molecular formula is C22H34O2. The van der Waals surface area contributed by atoms with E-state index in [1.165, 1.54) is 11.1 Å². The molecule has 1 aromatic rings. The van der Waals surface area contributed by atoms with Gasteiger partial charge >= 0.3 is 0 Å². The SMILES string of the molecule is CC(C)C1CC(C)(C)Oc2cc3c(cc21)OC(C)(C)CC3C(C)C. The summed E-state index contributed by atoms with van der Waals surface area (Å²) < 4.78 is 12.8. The van der Waals surface area contributed by atoms with Crippen molar-refractivity contribution < 1.29 is 9.47 Å². The van der Waals surface area contributed by atoms with Crippen LogP contribution in [0.5, 0.6) is 11.5 Å². The molecule has 3 rings (SSSR count). The Morgan fingerprint density at radius 1 is 0.750 bits per heavy atom. The summed E-state index contributed by atoms with van der Waals surface area (Å²) in [4.78, 5) is 0. The van der Waals surface area contributed by atoms with Crippen molar-refractivity contribution in [3.8, 4) is 11.5 Å². The van der Waals surface area contributed by atoms with Crippen LogP contribution < -0.4 is 9.47 Å². The van der Waals surface area contributed by atoms with Crippen molar-refractivity contribution in [3.63, 3.8) is 0 Å². The Morgan fingerprint density at radius 3 is 1.38 bits per heavy atom. The average Bonchev–Trinajstić information content (AvgIpc) is 2.42. The molecule has 0 saturated carbocycles. The minimum absolute atomic E-state index is 0.0989. The minimum Gasteiger partial charge on any atom is -0.488 e. The molecule has 2 aliphatic heterocycles. The highest BCUT2D eigenvalue weighted by molar-refractivity contribution is 5.52. The lowest BCUT2D eigenvalue weighted by Gasteiger charge is -2.43. The maximum absolute atomic E-state index is 6.39. The summed E-state index contributed by atoms with van der Waals surface area (Å²) in [7, 11) is 0. The lowest BCUT2D eigenvalue weighted by Crippen LogP contribution is -2.38. The second-order valence-electron chi connectivity index (χ2n) is 9.76. The van der Waals surface area contributed by atoms with Gasteiger partial charge in [0, 0.05) is 11.1 Å². The van der Waals surface area contributed by atoms with E-state index in [2.05, 4.69) is 67.5 Å². The predicted molar refractivity (Wildman–Crippen MR) is 100 cm³/mol. The van der Waals surface area contributed by atoms with Gasteiger partial charge in [-0.3, -0.25) is 0 Å². The molecule has 0 spiro atoms. The Hall–Kier alpha value is -1.18. The molecule has 2 heterocycles. The summed E-state index contributed by atoms with van der Waals surface area (Å²) >= 11 is 0. The molecule has 24 heavy (non-hydrogen) atoms. The highest BCUT2D eigenvalue weighted by atomic mass is 16.5. The van der Waals surface area contributed by atoms with Crippen molar-refractivity contribution in [2.75, 3.05) is 0 Å². The van der Waals surface area contributed by atoms with Gasteiger partial charge in [0.15, 0.2) is 0 Å². The Morgan fingerprint density at radius 2 is 1.08 bits per heavy atom. The highest BCUT2D eigenvalue weighted by Gasteiger charge is 2.40. The Balaban J connectivity index is 2.13. The monoisotopic (exact) mass is 330 g/mol. The van der Waals surface area contributed by atoms with Gasteiger partial charge in [0.2, 0.25) is 0 Å². The quantitative estimate of drug-likeness (QED) is 0.634. The lowest BCUT2D eigenvalue weighted by atomic mass is 9.74. The zero-order chi connectivity index (χ0) is 17.9. The average molecular weight is 331 g/mol. The summed E-state index contributed by atoms with van der Waals surface area (Å²) in [6.07, 6.45) is 2.13. The number of rotatable bonds is 2. The van der Waals surface area contributed by atoms with Crippen molar-refractivity contribution in [1.29, 1.82) is 0 Å². The molecular weight excluding hydrogens is 296 g/mol. The fourth-order valence-electron chi connectivity index (χ4n) is 4.50. The number of fused-ring (bicyclic) bond motifs is 2. The van der Waals surface area contributed by atoms with Crippen LogP contribution >= 0.6 is 0 Å². The van der Waals surface area contributed by atoms with Gasteiger partial charge in [0.05, 0.1) is 0 Å². The van der Waals surface area contributed by atoms with Crippen molar-refractivity contribution >= 4 is 0 Å². The largest absolute Gasteiger partial charge is 0.488 e. The molecule has 0 amide bonds. The third-order valence-electron chi connectivity index (χ3n) is 5.75. The van der Waals surface area contributed by atoms with Crippen molar-refractivity contribution in [2.45, 2.75) is 91.3 Å². The fourth-order valence-corrected chi connectivity index (χ4v) is 4.50. The van der Waals surface area contributed by atoms with Crippen molar-refractivity contribution in [1.82, 2.24) is 0 Å². The van der Waals surface area contributed by atoms with Gasteiger partial charge < -0.3 is 9.47 Å². The first-order chi connectivity index (χ1) is 11.0.